The second kappa shape index (κ2) is 4.17. The second-order valence-electron chi connectivity index (χ2n) is 3.74. The molecule has 0 radical (unpaired) electrons. The zero-order valence-electron chi connectivity index (χ0n) is 7.76. The summed E-state index contributed by atoms with van der Waals surface area (Å²) < 4.78 is 1.01. The first-order chi connectivity index (χ1) is 6.74. The van der Waals surface area contributed by atoms with Crippen LogP contribution in [-0.2, 0) is 6.54 Å². The Bertz CT molecular complexity index is 308. The molecule has 76 valence electrons. The van der Waals surface area contributed by atoms with E-state index in [2.05, 4.69) is 26.2 Å². The average molecular weight is 276 g/mol. The molecule has 1 fully saturated rings. The Kier molecular flexibility index (Phi) is 3.10. The van der Waals surface area contributed by atoms with Crippen LogP contribution < -0.4 is 5.32 Å². The number of hydrogen-bond donors (Lipinski definition) is 1. The molecule has 0 amide bonds. The van der Waals surface area contributed by atoms with Gasteiger partial charge >= 0.3 is 0 Å². The number of nitrogens with zero attached hydrogens (tertiary/aromatic N) is 1. The highest BCUT2D eigenvalue weighted by Gasteiger charge is 2.41. The zero-order valence-corrected chi connectivity index (χ0v) is 10.1. The van der Waals surface area contributed by atoms with Crippen LogP contribution in [0.15, 0.2) is 22.8 Å². The molecule has 1 aliphatic carbocycles. The van der Waals surface area contributed by atoms with Gasteiger partial charge < -0.3 is 5.32 Å². The van der Waals surface area contributed by atoms with Crippen LogP contribution in [0.1, 0.15) is 18.5 Å². The summed E-state index contributed by atoms with van der Waals surface area (Å²) in [5.74, 6) is 0.698. The topological polar surface area (TPSA) is 24.9 Å². The predicted molar refractivity (Wildman–Crippen MR) is 61.5 cm³/mol. The van der Waals surface area contributed by atoms with Crippen LogP contribution in [0.2, 0.25) is 0 Å². The molecule has 0 aromatic carbocycles. The number of pyridine rings is 1. The van der Waals surface area contributed by atoms with Gasteiger partial charge in [-0.2, -0.15) is 0 Å². The van der Waals surface area contributed by atoms with Crippen LogP contribution in [0.3, 0.4) is 0 Å². The van der Waals surface area contributed by atoms with Gasteiger partial charge in [0.05, 0.1) is 5.69 Å². The van der Waals surface area contributed by atoms with Crippen LogP contribution in [0, 0.1) is 0 Å². The van der Waals surface area contributed by atoms with Gasteiger partial charge in [0.25, 0.3) is 0 Å². The van der Waals surface area contributed by atoms with Crippen LogP contribution in [-0.4, -0.2) is 16.4 Å². The van der Waals surface area contributed by atoms with Crippen molar-refractivity contribution >= 4 is 27.5 Å². The minimum Gasteiger partial charge on any atom is -0.304 e. The first-order valence-electron chi connectivity index (χ1n) is 4.66. The Morgan fingerprint density at radius 2 is 2.29 bits per heavy atom. The Morgan fingerprint density at radius 1 is 1.50 bits per heavy atom. The lowest BCUT2D eigenvalue weighted by Gasteiger charge is -2.12. The fourth-order valence-corrected chi connectivity index (χ4v) is 1.89. The van der Waals surface area contributed by atoms with E-state index < -0.39 is 0 Å². The quantitative estimate of drug-likeness (QED) is 0.855. The van der Waals surface area contributed by atoms with E-state index in [0.717, 1.165) is 16.7 Å². The normalized spacial score (nSPS) is 18.1. The molecular weight excluding hydrogens is 263 g/mol. The van der Waals surface area contributed by atoms with E-state index >= 15 is 0 Å². The number of halogens is 2. The average Bonchev–Trinajstić information content (AvgIpc) is 2.98. The van der Waals surface area contributed by atoms with Gasteiger partial charge in [-0.15, -0.1) is 11.6 Å². The maximum Gasteiger partial charge on any atom is 0.0542 e. The lowest BCUT2D eigenvalue weighted by molar-refractivity contribution is 0.537. The van der Waals surface area contributed by atoms with Crippen molar-refractivity contribution in [2.45, 2.75) is 24.9 Å². The Labute approximate surface area is 97.2 Å². The summed E-state index contributed by atoms with van der Waals surface area (Å²) in [6.45, 7) is 0.806. The SMILES string of the molecule is ClCC1(NCc2ccc(Br)cn2)CC1. The summed E-state index contributed by atoms with van der Waals surface area (Å²) in [7, 11) is 0. The molecule has 0 atom stereocenters. The summed E-state index contributed by atoms with van der Waals surface area (Å²) in [6, 6.07) is 4.02. The molecule has 14 heavy (non-hydrogen) atoms. The van der Waals surface area contributed by atoms with E-state index in [1.807, 2.05) is 18.3 Å². The van der Waals surface area contributed by atoms with Gasteiger partial charge in [-0.3, -0.25) is 4.98 Å². The van der Waals surface area contributed by atoms with E-state index in [1.165, 1.54) is 12.8 Å². The Hall–Kier alpha value is -0.120. The molecule has 0 unspecified atom stereocenters. The van der Waals surface area contributed by atoms with Gasteiger partial charge in [0, 0.05) is 28.6 Å². The summed E-state index contributed by atoms with van der Waals surface area (Å²) >= 11 is 9.21. The Morgan fingerprint density at radius 3 is 2.79 bits per heavy atom. The van der Waals surface area contributed by atoms with Crippen molar-refractivity contribution in [2.24, 2.45) is 0 Å². The van der Waals surface area contributed by atoms with Gasteiger partial charge in [-0.1, -0.05) is 0 Å². The lowest BCUT2D eigenvalue weighted by atomic mass is 10.3. The minimum absolute atomic E-state index is 0.205. The molecule has 1 aliphatic rings. The van der Waals surface area contributed by atoms with Crippen molar-refractivity contribution in [1.29, 1.82) is 0 Å². The van der Waals surface area contributed by atoms with E-state index in [1.54, 1.807) is 0 Å². The lowest BCUT2D eigenvalue weighted by Crippen LogP contribution is -2.32. The van der Waals surface area contributed by atoms with Crippen molar-refractivity contribution in [3.63, 3.8) is 0 Å². The largest absolute Gasteiger partial charge is 0.304 e. The molecule has 2 rings (SSSR count). The van der Waals surface area contributed by atoms with Gasteiger partial charge in [-0.05, 0) is 40.9 Å². The van der Waals surface area contributed by atoms with Crippen molar-refractivity contribution in [3.8, 4) is 0 Å². The van der Waals surface area contributed by atoms with E-state index in [-0.39, 0.29) is 5.54 Å². The first kappa shape index (κ1) is 10.4. The number of aromatic nitrogens is 1. The molecule has 1 aromatic rings. The molecule has 1 saturated carbocycles. The maximum absolute atomic E-state index is 5.86. The summed E-state index contributed by atoms with van der Waals surface area (Å²) in [5, 5.41) is 3.45. The van der Waals surface area contributed by atoms with Crippen LogP contribution in [0.5, 0.6) is 0 Å². The molecule has 1 aromatic heterocycles. The monoisotopic (exact) mass is 274 g/mol. The Balaban J connectivity index is 1.89. The molecule has 0 aliphatic heterocycles. The first-order valence-corrected chi connectivity index (χ1v) is 5.98. The number of alkyl halides is 1. The molecule has 0 bridgehead atoms. The fraction of sp³-hybridized carbons (Fsp3) is 0.500. The van der Waals surface area contributed by atoms with Crippen molar-refractivity contribution in [1.82, 2.24) is 10.3 Å². The molecular formula is C10H12BrClN2. The van der Waals surface area contributed by atoms with Gasteiger partial charge in [0.15, 0.2) is 0 Å². The molecule has 4 heteroatoms. The van der Waals surface area contributed by atoms with Crippen molar-refractivity contribution in [3.05, 3.63) is 28.5 Å². The van der Waals surface area contributed by atoms with E-state index in [4.69, 9.17) is 11.6 Å². The third kappa shape index (κ3) is 2.47. The summed E-state index contributed by atoms with van der Waals surface area (Å²) in [5.41, 5.74) is 1.26. The highest BCUT2D eigenvalue weighted by molar-refractivity contribution is 9.10. The molecule has 1 heterocycles. The number of hydrogen-bond acceptors (Lipinski definition) is 2. The number of rotatable bonds is 4. The van der Waals surface area contributed by atoms with Crippen LogP contribution >= 0.6 is 27.5 Å². The third-order valence-corrected chi connectivity index (χ3v) is 3.52. The highest BCUT2D eigenvalue weighted by atomic mass is 79.9. The van der Waals surface area contributed by atoms with Crippen molar-refractivity contribution < 1.29 is 0 Å². The molecule has 0 saturated heterocycles. The molecule has 0 spiro atoms. The molecule has 1 N–H and O–H groups in total. The predicted octanol–water partition coefficient (Wildman–Crippen LogP) is 2.71. The van der Waals surface area contributed by atoms with Crippen molar-refractivity contribution in [2.75, 3.05) is 5.88 Å². The zero-order chi connectivity index (χ0) is 10.0. The minimum atomic E-state index is 0.205. The summed E-state index contributed by atoms with van der Waals surface area (Å²) in [6.07, 6.45) is 4.19. The van der Waals surface area contributed by atoms with Gasteiger partial charge in [0.2, 0.25) is 0 Å². The molecule has 2 nitrogen and oxygen atoms in total. The highest BCUT2D eigenvalue weighted by Crippen LogP contribution is 2.36. The fourth-order valence-electron chi connectivity index (χ4n) is 1.30. The van der Waals surface area contributed by atoms with Crippen LogP contribution in [0.25, 0.3) is 0 Å². The number of nitrogens with one attached hydrogen (secondary N) is 1. The van der Waals surface area contributed by atoms with Gasteiger partial charge in [-0.25, -0.2) is 0 Å². The van der Waals surface area contributed by atoms with E-state index in [9.17, 15) is 0 Å². The second-order valence-corrected chi connectivity index (χ2v) is 4.92. The summed E-state index contributed by atoms with van der Waals surface area (Å²) in [4.78, 5) is 4.29. The standard InChI is InChI=1S/C10H12BrClN2/c11-8-1-2-9(13-5-8)6-14-10(7-12)3-4-10/h1-2,5,14H,3-4,6-7H2. The van der Waals surface area contributed by atoms with E-state index in [0.29, 0.717) is 5.88 Å². The third-order valence-electron chi connectivity index (χ3n) is 2.54. The smallest absolute Gasteiger partial charge is 0.0542 e. The maximum atomic E-state index is 5.86. The van der Waals surface area contributed by atoms with Gasteiger partial charge in [0.1, 0.15) is 0 Å². The van der Waals surface area contributed by atoms with Crippen LogP contribution in [0.4, 0.5) is 0 Å².